The number of carbonyl (C=O) groups is 1. The fourth-order valence-electron chi connectivity index (χ4n) is 3.93. The van der Waals surface area contributed by atoms with E-state index >= 15 is 0 Å². The van der Waals surface area contributed by atoms with E-state index in [-0.39, 0.29) is 23.3 Å². The van der Waals surface area contributed by atoms with Crippen LogP contribution in [0.1, 0.15) is 39.4 Å². The van der Waals surface area contributed by atoms with Crippen LogP contribution in [0.3, 0.4) is 0 Å². The van der Waals surface area contributed by atoms with Gasteiger partial charge in [-0.15, -0.1) is 22.9 Å². The first kappa shape index (κ1) is 20.3. The SMILES string of the molecule is O=C(O)c1ccc(CCCC2C(Cl)CC(O)C2CNCc2ccccc2)s1. The molecule has 0 spiro atoms. The molecular weight excluding hydrogens is 382 g/mol. The fraction of sp³-hybridized carbons (Fsp3) is 0.476. The van der Waals surface area contributed by atoms with Gasteiger partial charge in [-0.2, -0.15) is 0 Å². The number of thiophene rings is 1. The molecule has 4 unspecified atom stereocenters. The molecule has 0 saturated heterocycles. The summed E-state index contributed by atoms with van der Waals surface area (Å²) in [5.41, 5.74) is 1.23. The maximum absolute atomic E-state index is 11.0. The smallest absolute Gasteiger partial charge is 0.345 e. The number of rotatable bonds is 9. The number of halogens is 1. The van der Waals surface area contributed by atoms with E-state index in [1.54, 1.807) is 6.07 Å². The first-order valence-electron chi connectivity index (χ1n) is 9.43. The number of aliphatic hydroxyl groups is 1. The van der Waals surface area contributed by atoms with Crippen LogP contribution in [-0.2, 0) is 13.0 Å². The van der Waals surface area contributed by atoms with Gasteiger partial charge in [0, 0.05) is 29.3 Å². The van der Waals surface area contributed by atoms with Crippen molar-refractivity contribution in [2.75, 3.05) is 6.54 Å². The van der Waals surface area contributed by atoms with Crippen LogP contribution >= 0.6 is 22.9 Å². The monoisotopic (exact) mass is 407 g/mol. The van der Waals surface area contributed by atoms with Gasteiger partial charge in [0.2, 0.25) is 0 Å². The van der Waals surface area contributed by atoms with Gasteiger partial charge in [-0.05, 0) is 49.3 Å². The molecule has 3 N–H and O–H groups in total. The van der Waals surface area contributed by atoms with E-state index in [0.29, 0.717) is 11.3 Å². The predicted molar refractivity (Wildman–Crippen MR) is 110 cm³/mol. The molecule has 146 valence electrons. The summed E-state index contributed by atoms with van der Waals surface area (Å²) in [6.07, 6.45) is 3.05. The number of carboxylic acids is 1. The Labute approximate surface area is 169 Å². The highest BCUT2D eigenvalue weighted by molar-refractivity contribution is 7.13. The average Bonchev–Trinajstić information content (AvgIpc) is 3.22. The second kappa shape index (κ2) is 9.69. The van der Waals surface area contributed by atoms with Crippen LogP contribution in [0.5, 0.6) is 0 Å². The molecule has 1 saturated carbocycles. The number of aromatic carboxylic acids is 1. The minimum Gasteiger partial charge on any atom is -0.477 e. The highest BCUT2D eigenvalue weighted by Crippen LogP contribution is 2.39. The summed E-state index contributed by atoms with van der Waals surface area (Å²) in [5, 5.41) is 22.9. The topological polar surface area (TPSA) is 69.6 Å². The fourth-order valence-corrected chi connectivity index (χ4v) is 5.32. The maximum atomic E-state index is 11.0. The molecule has 3 rings (SSSR count). The van der Waals surface area contributed by atoms with E-state index < -0.39 is 5.97 Å². The molecular formula is C21H26ClNO3S. The molecule has 1 aliphatic carbocycles. The summed E-state index contributed by atoms with van der Waals surface area (Å²) in [4.78, 5) is 12.5. The van der Waals surface area contributed by atoms with Gasteiger partial charge >= 0.3 is 5.97 Å². The van der Waals surface area contributed by atoms with E-state index in [0.717, 1.165) is 37.2 Å². The van der Waals surface area contributed by atoms with Crippen molar-refractivity contribution in [3.63, 3.8) is 0 Å². The van der Waals surface area contributed by atoms with Crippen LogP contribution < -0.4 is 5.32 Å². The van der Waals surface area contributed by atoms with Crippen molar-refractivity contribution in [1.29, 1.82) is 0 Å². The van der Waals surface area contributed by atoms with Crippen LogP contribution in [0.4, 0.5) is 0 Å². The van der Waals surface area contributed by atoms with E-state index in [1.165, 1.54) is 16.9 Å². The molecule has 6 heteroatoms. The summed E-state index contributed by atoms with van der Waals surface area (Å²) >= 11 is 7.87. The Kier molecular flexibility index (Phi) is 7.30. The second-order valence-electron chi connectivity index (χ2n) is 7.23. The van der Waals surface area contributed by atoms with E-state index in [2.05, 4.69) is 17.4 Å². The standard InChI is InChI=1S/C21H26ClNO3S/c22-18-11-19(24)17(13-23-12-14-5-2-1-3-6-14)16(18)8-4-7-15-9-10-20(27-15)21(25)26/h1-3,5-6,9-10,16-19,23-24H,4,7-8,11-13H2,(H,25,26). The van der Waals surface area contributed by atoms with Crippen LogP contribution in [-0.4, -0.2) is 34.2 Å². The van der Waals surface area contributed by atoms with Crippen molar-refractivity contribution in [3.05, 3.63) is 57.8 Å². The van der Waals surface area contributed by atoms with Gasteiger partial charge in [-0.1, -0.05) is 30.3 Å². The zero-order valence-corrected chi connectivity index (χ0v) is 16.8. The van der Waals surface area contributed by atoms with Gasteiger partial charge < -0.3 is 15.5 Å². The van der Waals surface area contributed by atoms with Gasteiger partial charge in [0.25, 0.3) is 0 Å². The third-order valence-corrected chi connectivity index (χ3v) is 7.00. The number of carboxylic acid groups (broad SMARTS) is 1. The molecule has 0 bridgehead atoms. The Balaban J connectivity index is 1.48. The first-order chi connectivity index (χ1) is 13.0. The van der Waals surface area contributed by atoms with Crippen LogP contribution in [0.15, 0.2) is 42.5 Å². The maximum Gasteiger partial charge on any atom is 0.345 e. The molecule has 27 heavy (non-hydrogen) atoms. The summed E-state index contributed by atoms with van der Waals surface area (Å²) < 4.78 is 0. The Hall–Kier alpha value is -1.40. The minimum absolute atomic E-state index is 0.00133. The van der Waals surface area contributed by atoms with Gasteiger partial charge in [0.15, 0.2) is 0 Å². The Bertz CT molecular complexity index is 736. The quantitative estimate of drug-likeness (QED) is 0.546. The molecule has 4 atom stereocenters. The average molecular weight is 408 g/mol. The number of aliphatic hydroxyl groups excluding tert-OH is 1. The highest BCUT2D eigenvalue weighted by Gasteiger charge is 2.40. The van der Waals surface area contributed by atoms with Crippen molar-refractivity contribution in [2.24, 2.45) is 11.8 Å². The van der Waals surface area contributed by atoms with Crippen LogP contribution in [0.2, 0.25) is 0 Å². The van der Waals surface area contributed by atoms with Crippen molar-refractivity contribution in [3.8, 4) is 0 Å². The van der Waals surface area contributed by atoms with E-state index in [4.69, 9.17) is 16.7 Å². The lowest BCUT2D eigenvalue weighted by Gasteiger charge is -2.24. The third kappa shape index (κ3) is 5.55. The van der Waals surface area contributed by atoms with Gasteiger partial charge in [0.05, 0.1) is 6.10 Å². The van der Waals surface area contributed by atoms with Crippen molar-refractivity contribution in [1.82, 2.24) is 5.32 Å². The van der Waals surface area contributed by atoms with E-state index in [1.807, 2.05) is 24.3 Å². The zero-order chi connectivity index (χ0) is 19.2. The molecule has 0 aliphatic heterocycles. The Morgan fingerprint density at radius 1 is 1.19 bits per heavy atom. The molecule has 4 nitrogen and oxygen atoms in total. The van der Waals surface area contributed by atoms with Crippen LogP contribution in [0.25, 0.3) is 0 Å². The molecule has 1 aliphatic rings. The molecule has 1 aromatic carbocycles. The lowest BCUT2D eigenvalue weighted by atomic mass is 9.89. The molecule has 2 aromatic rings. The van der Waals surface area contributed by atoms with Gasteiger partial charge in [-0.25, -0.2) is 4.79 Å². The van der Waals surface area contributed by atoms with Crippen molar-refractivity contribution < 1.29 is 15.0 Å². The summed E-state index contributed by atoms with van der Waals surface area (Å²) in [6, 6.07) is 13.8. The van der Waals surface area contributed by atoms with Gasteiger partial charge in [0.1, 0.15) is 4.88 Å². The lowest BCUT2D eigenvalue weighted by molar-refractivity contribution is 0.0702. The molecule has 1 fully saturated rings. The van der Waals surface area contributed by atoms with E-state index in [9.17, 15) is 9.90 Å². The predicted octanol–water partition coefficient (Wildman–Crippen LogP) is 4.16. The Morgan fingerprint density at radius 3 is 2.67 bits per heavy atom. The lowest BCUT2D eigenvalue weighted by Crippen LogP contribution is -2.32. The number of alkyl halides is 1. The van der Waals surface area contributed by atoms with Crippen molar-refractivity contribution in [2.45, 2.75) is 43.7 Å². The first-order valence-corrected chi connectivity index (χ1v) is 10.7. The molecule has 0 radical (unpaired) electrons. The molecule has 0 amide bonds. The molecule has 1 aromatic heterocycles. The zero-order valence-electron chi connectivity index (χ0n) is 15.2. The second-order valence-corrected chi connectivity index (χ2v) is 8.96. The number of hydrogen-bond acceptors (Lipinski definition) is 4. The number of hydrogen-bond donors (Lipinski definition) is 3. The third-order valence-electron chi connectivity index (χ3n) is 5.36. The summed E-state index contributed by atoms with van der Waals surface area (Å²) in [6.45, 7) is 1.54. The number of nitrogens with one attached hydrogen (secondary N) is 1. The normalized spacial score (nSPS) is 25.0. The Morgan fingerprint density at radius 2 is 1.96 bits per heavy atom. The highest BCUT2D eigenvalue weighted by atomic mass is 35.5. The largest absolute Gasteiger partial charge is 0.477 e. The van der Waals surface area contributed by atoms with Gasteiger partial charge in [-0.3, -0.25) is 0 Å². The molecule has 1 heterocycles. The summed E-state index contributed by atoms with van der Waals surface area (Å²) in [5.74, 6) is -0.423. The minimum atomic E-state index is -0.865. The summed E-state index contributed by atoms with van der Waals surface area (Å²) in [7, 11) is 0. The van der Waals surface area contributed by atoms with Crippen molar-refractivity contribution >= 4 is 28.9 Å². The van der Waals surface area contributed by atoms with Crippen LogP contribution in [0, 0.1) is 11.8 Å². The number of aryl methyl sites for hydroxylation is 1. The number of benzene rings is 1.